The Hall–Kier alpha value is -2.51. The molecule has 0 unspecified atom stereocenters. The molecule has 156 valence electrons. The molecule has 0 amide bonds. The van der Waals surface area contributed by atoms with E-state index < -0.39 is 5.97 Å². The second-order valence-electron chi connectivity index (χ2n) is 6.06. The first kappa shape index (κ1) is 22.8. The molecule has 0 bridgehead atoms. The van der Waals surface area contributed by atoms with Gasteiger partial charge in [-0.1, -0.05) is 23.2 Å². The summed E-state index contributed by atoms with van der Waals surface area (Å²) >= 11 is 12.3. The number of ketones is 1. The molecule has 29 heavy (non-hydrogen) atoms. The zero-order chi connectivity index (χ0) is 21.4. The van der Waals surface area contributed by atoms with Crippen molar-refractivity contribution in [3.8, 4) is 17.2 Å². The largest absolute Gasteiger partial charge is 0.493 e. The number of nitrogens with zero attached hydrogens (tertiary/aromatic N) is 1. The molecule has 0 atom stereocenters. The monoisotopic (exact) mass is 441 g/mol. The van der Waals surface area contributed by atoms with Crippen LogP contribution in [0.5, 0.6) is 17.2 Å². The predicted octanol–water partition coefficient (Wildman–Crippen LogP) is 4.46. The Labute approximate surface area is 178 Å². The molecular weight excluding hydrogens is 421 g/mol. The van der Waals surface area contributed by atoms with E-state index in [0.717, 1.165) is 0 Å². The van der Waals surface area contributed by atoms with Crippen LogP contribution in [0.4, 0.5) is 0 Å². The number of aliphatic carboxylic acids is 1. The van der Waals surface area contributed by atoms with Crippen LogP contribution in [-0.4, -0.2) is 42.7 Å². The van der Waals surface area contributed by atoms with Crippen LogP contribution in [0.25, 0.3) is 0 Å². The van der Waals surface area contributed by atoms with E-state index in [4.69, 9.17) is 42.5 Å². The van der Waals surface area contributed by atoms with Gasteiger partial charge in [0, 0.05) is 30.8 Å². The van der Waals surface area contributed by atoms with Crippen molar-refractivity contribution in [3.63, 3.8) is 0 Å². The number of hydrogen-bond acceptors (Lipinski definition) is 6. The van der Waals surface area contributed by atoms with E-state index in [1.165, 1.54) is 26.6 Å². The maximum absolute atomic E-state index is 13.0. The highest BCUT2D eigenvalue weighted by molar-refractivity contribution is 6.36. The second-order valence-corrected chi connectivity index (χ2v) is 6.87. The minimum Gasteiger partial charge on any atom is -0.493 e. The molecule has 0 saturated carbocycles. The molecule has 9 heteroatoms. The maximum atomic E-state index is 13.0. The lowest BCUT2D eigenvalue weighted by Gasteiger charge is -2.17. The first-order valence-corrected chi connectivity index (χ1v) is 9.55. The van der Waals surface area contributed by atoms with Gasteiger partial charge in [0.05, 0.1) is 36.4 Å². The van der Waals surface area contributed by atoms with Crippen molar-refractivity contribution in [2.45, 2.75) is 25.7 Å². The molecule has 1 aromatic carbocycles. The Morgan fingerprint density at radius 2 is 1.72 bits per heavy atom. The number of methoxy groups -OCH3 is 2. The predicted molar refractivity (Wildman–Crippen MR) is 109 cm³/mol. The van der Waals surface area contributed by atoms with E-state index >= 15 is 0 Å². The van der Waals surface area contributed by atoms with Crippen LogP contribution >= 0.6 is 23.2 Å². The summed E-state index contributed by atoms with van der Waals surface area (Å²) in [5.74, 6) is -0.228. The topological polar surface area (TPSA) is 95.0 Å². The van der Waals surface area contributed by atoms with Crippen LogP contribution in [0, 0.1) is 0 Å². The van der Waals surface area contributed by atoms with Gasteiger partial charge in [-0.2, -0.15) is 0 Å². The van der Waals surface area contributed by atoms with Gasteiger partial charge in [0.15, 0.2) is 17.3 Å². The average molecular weight is 442 g/mol. The van der Waals surface area contributed by atoms with Gasteiger partial charge in [-0.25, -0.2) is 0 Å². The summed E-state index contributed by atoms with van der Waals surface area (Å²) in [4.78, 5) is 27.5. The van der Waals surface area contributed by atoms with Crippen molar-refractivity contribution in [1.82, 2.24) is 4.98 Å². The Kier molecular flexibility index (Phi) is 8.54. The highest BCUT2D eigenvalue weighted by Gasteiger charge is 2.23. The summed E-state index contributed by atoms with van der Waals surface area (Å²) < 4.78 is 16.5. The second kappa shape index (κ2) is 10.9. The number of pyridine rings is 1. The number of rotatable bonds is 11. The van der Waals surface area contributed by atoms with Crippen molar-refractivity contribution in [2.24, 2.45) is 0 Å². The lowest BCUT2D eigenvalue weighted by Crippen LogP contribution is -2.10. The first-order valence-electron chi connectivity index (χ1n) is 8.79. The molecule has 0 aliphatic rings. The molecule has 0 aliphatic carbocycles. The third-order valence-corrected chi connectivity index (χ3v) is 4.77. The number of carbonyl (C=O) groups excluding carboxylic acids is 1. The highest BCUT2D eigenvalue weighted by Crippen LogP contribution is 2.41. The maximum Gasteiger partial charge on any atom is 0.303 e. The van der Waals surface area contributed by atoms with Crippen LogP contribution < -0.4 is 14.2 Å². The Bertz CT molecular complexity index is 867. The molecule has 7 nitrogen and oxygen atoms in total. The first-order chi connectivity index (χ1) is 13.9. The number of unbranched alkanes of at least 4 members (excludes halogenated alkanes) is 1. The summed E-state index contributed by atoms with van der Waals surface area (Å²) in [6.45, 7) is 0.216. The van der Waals surface area contributed by atoms with E-state index in [0.29, 0.717) is 34.2 Å². The Morgan fingerprint density at radius 3 is 2.31 bits per heavy atom. The average Bonchev–Trinajstić information content (AvgIpc) is 2.69. The molecule has 2 rings (SSSR count). The van der Waals surface area contributed by atoms with E-state index in [1.54, 1.807) is 12.1 Å². The molecule has 1 N–H and O–H groups in total. The fourth-order valence-corrected chi connectivity index (χ4v) is 3.18. The lowest BCUT2D eigenvalue weighted by molar-refractivity contribution is -0.137. The lowest BCUT2D eigenvalue weighted by atomic mass is 10.0. The summed E-state index contributed by atoms with van der Waals surface area (Å²) in [7, 11) is 2.92. The van der Waals surface area contributed by atoms with E-state index in [2.05, 4.69) is 4.98 Å². The normalized spacial score (nSPS) is 10.5. The van der Waals surface area contributed by atoms with Crippen molar-refractivity contribution in [2.75, 3.05) is 20.8 Å². The van der Waals surface area contributed by atoms with Crippen molar-refractivity contribution < 1.29 is 28.9 Å². The van der Waals surface area contributed by atoms with Gasteiger partial charge in [-0.3, -0.25) is 14.6 Å². The van der Waals surface area contributed by atoms with Gasteiger partial charge in [-0.15, -0.1) is 0 Å². The number of Topliss-reactive ketones (excluding diaryl/α,β-unsaturated/α-hetero) is 1. The standard InChI is InChI=1S/C20H21Cl2NO6/c1-27-17-7-6-12(16(24)9-13-14(21)10-23-11-15(13)22)19(20(17)28-2)29-8-4-3-5-18(25)26/h6-7,10-11H,3-5,8-9H2,1-2H3,(H,25,26). The highest BCUT2D eigenvalue weighted by atomic mass is 35.5. The Morgan fingerprint density at radius 1 is 1.03 bits per heavy atom. The van der Waals surface area contributed by atoms with Gasteiger partial charge in [0.25, 0.3) is 0 Å². The number of aromatic nitrogens is 1. The minimum absolute atomic E-state index is 0.0451. The third kappa shape index (κ3) is 5.98. The van der Waals surface area contributed by atoms with E-state index in [9.17, 15) is 9.59 Å². The summed E-state index contributed by atoms with van der Waals surface area (Å²) in [6, 6.07) is 3.19. The van der Waals surface area contributed by atoms with Crippen LogP contribution in [0.15, 0.2) is 24.5 Å². The Balaban J connectivity index is 2.29. The molecule has 0 saturated heterocycles. The molecular formula is C20H21Cl2NO6. The number of ether oxygens (including phenoxy) is 3. The molecule has 0 fully saturated rings. The SMILES string of the molecule is COc1ccc(C(=O)Cc2c(Cl)cncc2Cl)c(OCCCCC(=O)O)c1OC. The van der Waals surface area contributed by atoms with E-state index in [-0.39, 0.29) is 42.3 Å². The fourth-order valence-electron chi connectivity index (χ4n) is 2.68. The van der Waals surface area contributed by atoms with Crippen LogP contribution in [0.1, 0.15) is 35.2 Å². The quantitative estimate of drug-likeness (QED) is 0.405. The summed E-state index contributed by atoms with van der Waals surface area (Å²) in [5.41, 5.74) is 0.750. The molecule has 0 spiro atoms. The van der Waals surface area contributed by atoms with Crippen LogP contribution in [0.2, 0.25) is 10.0 Å². The minimum atomic E-state index is -0.870. The van der Waals surface area contributed by atoms with Gasteiger partial charge in [-0.05, 0) is 25.0 Å². The number of benzene rings is 1. The molecule has 2 aromatic rings. The number of carbonyl (C=O) groups is 2. The van der Waals surface area contributed by atoms with Crippen molar-refractivity contribution in [3.05, 3.63) is 45.7 Å². The number of halogens is 2. The number of carboxylic acid groups (broad SMARTS) is 1. The van der Waals surface area contributed by atoms with Crippen molar-refractivity contribution >= 4 is 35.0 Å². The smallest absolute Gasteiger partial charge is 0.303 e. The van der Waals surface area contributed by atoms with Gasteiger partial charge >= 0.3 is 5.97 Å². The molecule has 0 aliphatic heterocycles. The van der Waals surface area contributed by atoms with Gasteiger partial charge in [0.2, 0.25) is 5.75 Å². The molecule has 1 aromatic heterocycles. The van der Waals surface area contributed by atoms with Crippen LogP contribution in [-0.2, 0) is 11.2 Å². The zero-order valence-electron chi connectivity index (χ0n) is 16.0. The van der Waals surface area contributed by atoms with Crippen molar-refractivity contribution in [1.29, 1.82) is 0 Å². The molecule has 0 radical (unpaired) electrons. The number of carboxylic acids is 1. The van der Waals surface area contributed by atoms with E-state index in [1.807, 2.05) is 0 Å². The molecule has 1 heterocycles. The third-order valence-electron chi connectivity index (χ3n) is 4.12. The summed E-state index contributed by atoms with van der Waals surface area (Å²) in [6.07, 6.45) is 3.79. The zero-order valence-corrected chi connectivity index (χ0v) is 17.5. The fraction of sp³-hybridized carbons (Fsp3) is 0.350. The van der Waals surface area contributed by atoms with Gasteiger partial charge in [0.1, 0.15) is 0 Å². The number of hydrogen-bond donors (Lipinski definition) is 1. The van der Waals surface area contributed by atoms with Gasteiger partial charge < -0.3 is 19.3 Å². The van der Waals surface area contributed by atoms with Crippen LogP contribution in [0.3, 0.4) is 0 Å². The summed E-state index contributed by atoms with van der Waals surface area (Å²) in [5, 5.41) is 9.32.